The van der Waals surface area contributed by atoms with Gasteiger partial charge < -0.3 is 0 Å². The van der Waals surface area contributed by atoms with E-state index in [0.717, 1.165) is 5.69 Å². The van der Waals surface area contributed by atoms with Crippen LogP contribution in [0.5, 0.6) is 0 Å². The molecule has 0 fully saturated rings. The summed E-state index contributed by atoms with van der Waals surface area (Å²) in [7, 11) is 0. The molecule has 2 aromatic heterocycles. The molecular weight excluding hydrogens is 397 g/mol. The molecule has 28 heavy (non-hydrogen) atoms. The van der Waals surface area contributed by atoms with Crippen LogP contribution < -0.4 is 0 Å². The first-order chi connectivity index (χ1) is 13.5. The number of benzene rings is 1. The average molecular weight is 414 g/mol. The molecule has 0 saturated carbocycles. The highest BCUT2D eigenvalue weighted by atomic mass is 32.2. The zero-order valence-electron chi connectivity index (χ0n) is 15.0. The van der Waals surface area contributed by atoms with Gasteiger partial charge in [-0.2, -0.15) is 5.26 Å². The van der Waals surface area contributed by atoms with Crippen LogP contribution in [0.15, 0.2) is 47.5 Å². The van der Waals surface area contributed by atoms with Crippen LogP contribution >= 0.6 is 23.1 Å². The fourth-order valence-electron chi connectivity index (χ4n) is 2.49. The number of carbonyl (C=O) groups is 1. The molecule has 0 spiro atoms. The molecule has 1 atom stereocenters. The Kier molecular flexibility index (Phi) is 6.34. The number of allylic oxidation sites excluding steroid dienone is 1. The highest BCUT2D eigenvalue weighted by Crippen LogP contribution is 2.27. The second-order valence-electron chi connectivity index (χ2n) is 5.86. The summed E-state index contributed by atoms with van der Waals surface area (Å²) in [5.41, 5.74) is 1.50. The Labute approximate surface area is 169 Å². The molecule has 6 nitrogen and oxygen atoms in total. The van der Waals surface area contributed by atoms with E-state index >= 15 is 0 Å². The largest absolute Gasteiger partial charge is 0.298 e. The predicted molar refractivity (Wildman–Crippen MR) is 107 cm³/mol. The van der Waals surface area contributed by atoms with Gasteiger partial charge in [0, 0.05) is 23.2 Å². The third-order valence-electron chi connectivity index (χ3n) is 3.81. The third-order valence-corrected chi connectivity index (χ3v) is 5.83. The molecule has 3 rings (SSSR count). The van der Waals surface area contributed by atoms with Crippen molar-refractivity contribution in [2.45, 2.75) is 24.5 Å². The van der Waals surface area contributed by atoms with Gasteiger partial charge in [0.05, 0.1) is 11.8 Å². The molecule has 0 aliphatic carbocycles. The average Bonchev–Trinajstić information content (AvgIpc) is 3.28. The Morgan fingerprint density at radius 3 is 2.79 bits per heavy atom. The predicted octanol–water partition coefficient (Wildman–Crippen LogP) is 4.00. The number of hydrogen-bond acceptors (Lipinski definition) is 7. The number of carbonyl (C=O) groups excluding carboxylic acids is 1. The number of nitriles is 1. The van der Waals surface area contributed by atoms with E-state index in [1.807, 2.05) is 18.4 Å². The zero-order chi connectivity index (χ0) is 20.1. The number of nitrogens with zero attached hydrogens (tertiary/aromatic N) is 5. The lowest BCUT2D eigenvalue weighted by Crippen LogP contribution is -2.14. The summed E-state index contributed by atoms with van der Waals surface area (Å²) in [6.45, 7) is 6.00. The van der Waals surface area contributed by atoms with E-state index in [4.69, 9.17) is 0 Å². The van der Waals surface area contributed by atoms with E-state index in [1.54, 1.807) is 22.8 Å². The third kappa shape index (κ3) is 4.35. The van der Waals surface area contributed by atoms with Gasteiger partial charge in [0.15, 0.2) is 22.7 Å². The maximum Gasteiger partial charge on any atom is 0.192 e. The van der Waals surface area contributed by atoms with Gasteiger partial charge in [-0.05, 0) is 31.2 Å². The van der Waals surface area contributed by atoms with Crippen molar-refractivity contribution in [1.29, 1.82) is 5.26 Å². The van der Waals surface area contributed by atoms with Crippen LogP contribution in [0.2, 0.25) is 0 Å². The molecule has 142 valence electrons. The van der Waals surface area contributed by atoms with Crippen molar-refractivity contribution in [2.75, 3.05) is 5.75 Å². The standard InChI is InChI=1S/C19H16FN5OS2/c1-3-8-25-17(13-4-6-14(20)7-5-13)23-24-19(25)28-11-16(26)15(9-21)18-22-12(2)10-27-18/h3-7,10,15H,1,8,11H2,2H3/t15-/m0/s1. The van der Waals surface area contributed by atoms with Crippen molar-refractivity contribution < 1.29 is 9.18 Å². The maximum absolute atomic E-state index is 13.2. The molecule has 0 aliphatic heterocycles. The van der Waals surface area contributed by atoms with Gasteiger partial charge in [-0.1, -0.05) is 17.8 Å². The van der Waals surface area contributed by atoms with Crippen molar-refractivity contribution in [3.8, 4) is 17.5 Å². The number of thiazole rings is 1. The minimum Gasteiger partial charge on any atom is -0.298 e. The summed E-state index contributed by atoms with van der Waals surface area (Å²) in [5.74, 6) is -0.840. The highest BCUT2D eigenvalue weighted by molar-refractivity contribution is 7.99. The molecule has 1 aromatic carbocycles. The molecule has 0 unspecified atom stereocenters. The molecule has 0 bridgehead atoms. The number of halogens is 1. The number of aromatic nitrogens is 4. The molecular formula is C19H16FN5OS2. The first-order valence-electron chi connectivity index (χ1n) is 8.30. The Balaban J connectivity index is 1.78. The first kappa shape index (κ1) is 19.9. The molecule has 9 heteroatoms. The van der Waals surface area contributed by atoms with E-state index in [9.17, 15) is 14.4 Å². The maximum atomic E-state index is 13.2. The zero-order valence-corrected chi connectivity index (χ0v) is 16.6. The van der Waals surface area contributed by atoms with Gasteiger partial charge in [-0.3, -0.25) is 9.36 Å². The number of aryl methyl sites for hydroxylation is 1. The lowest BCUT2D eigenvalue weighted by Gasteiger charge is -2.08. The van der Waals surface area contributed by atoms with Crippen LogP contribution in [0, 0.1) is 24.1 Å². The van der Waals surface area contributed by atoms with Gasteiger partial charge in [-0.15, -0.1) is 28.1 Å². The molecule has 0 N–H and O–H groups in total. The first-order valence-corrected chi connectivity index (χ1v) is 10.2. The number of rotatable bonds is 8. The number of hydrogen-bond donors (Lipinski definition) is 0. The number of thioether (sulfide) groups is 1. The Morgan fingerprint density at radius 1 is 1.43 bits per heavy atom. The molecule has 3 aromatic rings. The van der Waals surface area contributed by atoms with Crippen molar-refractivity contribution >= 4 is 28.9 Å². The normalized spacial score (nSPS) is 11.8. The van der Waals surface area contributed by atoms with Crippen LogP contribution in [0.4, 0.5) is 4.39 Å². The topological polar surface area (TPSA) is 84.5 Å². The van der Waals surface area contributed by atoms with Crippen molar-refractivity contribution in [1.82, 2.24) is 19.7 Å². The van der Waals surface area contributed by atoms with E-state index in [1.165, 1.54) is 35.2 Å². The fraction of sp³-hybridized carbons (Fsp3) is 0.211. The summed E-state index contributed by atoms with van der Waals surface area (Å²) >= 11 is 2.51. The lowest BCUT2D eigenvalue weighted by atomic mass is 10.1. The van der Waals surface area contributed by atoms with Gasteiger partial charge in [-0.25, -0.2) is 9.37 Å². The van der Waals surface area contributed by atoms with E-state index < -0.39 is 5.92 Å². The van der Waals surface area contributed by atoms with Crippen molar-refractivity contribution in [2.24, 2.45) is 0 Å². The van der Waals surface area contributed by atoms with Crippen LogP contribution in [0.3, 0.4) is 0 Å². The SMILES string of the molecule is C=CCn1c(SCC(=O)[C@H](C#N)c2nc(C)cs2)nnc1-c1ccc(F)cc1. The summed E-state index contributed by atoms with van der Waals surface area (Å²) < 4.78 is 15.0. The van der Waals surface area contributed by atoms with E-state index in [0.29, 0.717) is 28.1 Å². The van der Waals surface area contributed by atoms with Crippen molar-refractivity contribution in [3.63, 3.8) is 0 Å². The molecule has 0 aliphatic rings. The lowest BCUT2D eigenvalue weighted by molar-refractivity contribution is -0.116. The van der Waals surface area contributed by atoms with E-state index in [2.05, 4.69) is 21.8 Å². The monoisotopic (exact) mass is 413 g/mol. The fourth-order valence-corrected chi connectivity index (χ4v) is 4.20. The second kappa shape index (κ2) is 8.91. The summed E-state index contributed by atoms with van der Waals surface area (Å²) in [6, 6.07) is 7.98. The summed E-state index contributed by atoms with van der Waals surface area (Å²) in [5, 5.41) is 20.6. The smallest absolute Gasteiger partial charge is 0.192 e. The Bertz CT molecular complexity index is 1040. The van der Waals surface area contributed by atoms with Gasteiger partial charge in [0.25, 0.3) is 0 Å². The van der Waals surface area contributed by atoms with Crippen LogP contribution in [0.1, 0.15) is 16.6 Å². The molecule has 0 saturated heterocycles. The van der Waals surface area contributed by atoms with E-state index in [-0.39, 0.29) is 17.4 Å². The van der Waals surface area contributed by atoms with Gasteiger partial charge >= 0.3 is 0 Å². The highest BCUT2D eigenvalue weighted by Gasteiger charge is 2.24. The number of Topliss-reactive ketones (excluding diaryl/α,β-unsaturated/α-hetero) is 1. The van der Waals surface area contributed by atoms with Gasteiger partial charge in [0.2, 0.25) is 0 Å². The minimum absolute atomic E-state index is 0.0650. The second-order valence-corrected chi connectivity index (χ2v) is 7.69. The Morgan fingerprint density at radius 2 is 2.18 bits per heavy atom. The Hall–Kier alpha value is -2.83. The quantitative estimate of drug-likeness (QED) is 0.410. The molecule has 0 radical (unpaired) electrons. The summed E-state index contributed by atoms with van der Waals surface area (Å²) in [6.07, 6.45) is 1.69. The summed E-state index contributed by atoms with van der Waals surface area (Å²) in [4.78, 5) is 16.8. The van der Waals surface area contributed by atoms with Crippen molar-refractivity contribution in [3.05, 3.63) is 58.8 Å². The molecule has 0 amide bonds. The van der Waals surface area contributed by atoms with Crippen LogP contribution in [-0.2, 0) is 11.3 Å². The number of ketones is 1. The van der Waals surface area contributed by atoms with Crippen LogP contribution in [-0.4, -0.2) is 31.3 Å². The van der Waals surface area contributed by atoms with Crippen LogP contribution in [0.25, 0.3) is 11.4 Å². The molecule has 2 heterocycles. The van der Waals surface area contributed by atoms with Gasteiger partial charge in [0.1, 0.15) is 10.8 Å². The minimum atomic E-state index is -0.890.